The molecule has 1 aliphatic heterocycles. The zero-order valence-electron chi connectivity index (χ0n) is 19.9. The lowest BCUT2D eigenvalue weighted by Gasteiger charge is -2.36. The monoisotopic (exact) mass is 504 g/mol. The van der Waals surface area contributed by atoms with Crippen LogP contribution in [0, 0.1) is 11.6 Å². The fourth-order valence-corrected chi connectivity index (χ4v) is 4.61. The minimum Gasteiger partial charge on any atom is -0.494 e. The molecule has 35 heavy (non-hydrogen) atoms. The van der Waals surface area contributed by atoms with Gasteiger partial charge in [0.25, 0.3) is 5.91 Å². The van der Waals surface area contributed by atoms with Gasteiger partial charge < -0.3 is 19.3 Å². The maximum atomic E-state index is 14.9. The zero-order valence-corrected chi connectivity index (χ0v) is 20.7. The molecule has 8 nitrogen and oxygen atoms in total. The number of halogens is 2. The Hall–Kier alpha value is -3.47. The maximum absolute atomic E-state index is 14.9. The average Bonchev–Trinajstić information content (AvgIpc) is 3.20. The van der Waals surface area contributed by atoms with E-state index in [4.69, 9.17) is 9.47 Å². The Kier molecular flexibility index (Phi) is 6.79. The number of anilines is 2. The van der Waals surface area contributed by atoms with Gasteiger partial charge in [-0.1, -0.05) is 17.4 Å². The van der Waals surface area contributed by atoms with Gasteiger partial charge in [-0.2, -0.15) is 0 Å². The Morgan fingerprint density at radius 3 is 2.34 bits per heavy atom. The van der Waals surface area contributed by atoms with Crippen molar-refractivity contribution in [2.24, 2.45) is 0 Å². The molecule has 1 aliphatic rings. The minimum absolute atomic E-state index is 0.204. The van der Waals surface area contributed by atoms with Crippen LogP contribution < -0.4 is 15.0 Å². The van der Waals surface area contributed by atoms with Crippen LogP contribution in [0.1, 0.15) is 31.1 Å². The first-order valence-electron chi connectivity index (χ1n) is 11.0. The molecule has 2 amide bonds. The molecule has 1 fully saturated rings. The van der Waals surface area contributed by atoms with E-state index in [1.165, 1.54) is 18.4 Å². The number of carbonyl (C=O) groups excluding carboxylic acids is 2. The molecule has 0 atom stereocenters. The smallest absolute Gasteiger partial charge is 0.410 e. The van der Waals surface area contributed by atoms with Crippen LogP contribution in [-0.4, -0.2) is 60.8 Å². The lowest BCUT2D eigenvalue weighted by Crippen LogP contribution is -2.50. The second-order valence-corrected chi connectivity index (χ2v) is 10.0. The first kappa shape index (κ1) is 24.6. The molecule has 0 radical (unpaired) electrons. The normalized spacial score (nSPS) is 14.2. The summed E-state index contributed by atoms with van der Waals surface area (Å²) in [5, 5.41) is 2.68. The van der Waals surface area contributed by atoms with E-state index in [1.807, 2.05) is 6.07 Å². The second-order valence-electron chi connectivity index (χ2n) is 9.02. The summed E-state index contributed by atoms with van der Waals surface area (Å²) < 4.78 is 41.2. The average molecular weight is 505 g/mol. The topological polar surface area (TPSA) is 84.0 Å². The molecule has 0 unspecified atom stereocenters. The van der Waals surface area contributed by atoms with Gasteiger partial charge in [-0.25, -0.2) is 18.6 Å². The SMILES string of the molecule is COc1cccc2sc(NC(=O)c3c(F)cc(N4CCN(C(=O)OC(C)(C)C)CC4)cc3F)nc12. The fourth-order valence-electron chi connectivity index (χ4n) is 3.73. The predicted octanol–water partition coefficient (Wildman–Crippen LogP) is 4.89. The van der Waals surface area contributed by atoms with Crippen molar-refractivity contribution >= 4 is 44.4 Å². The van der Waals surface area contributed by atoms with Crippen molar-refractivity contribution in [3.8, 4) is 5.75 Å². The number of methoxy groups -OCH3 is 1. The van der Waals surface area contributed by atoms with Crippen molar-refractivity contribution in [3.63, 3.8) is 0 Å². The predicted molar refractivity (Wildman–Crippen MR) is 131 cm³/mol. The van der Waals surface area contributed by atoms with Gasteiger partial charge in [-0.05, 0) is 45.0 Å². The van der Waals surface area contributed by atoms with Gasteiger partial charge in [0.1, 0.15) is 34.1 Å². The Balaban J connectivity index is 1.45. The third kappa shape index (κ3) is 5.45. The summed E-state index contributed by atoms with van der Waals surface area (Å²) >= 11 is 1.17. The summed E-state index contributed by atoms with van der Waals surface area (Å²) in [6, 6.07) is 7.59. The Bertz CT molecular complexity index is 1240. The number of rotatable bonds is 4. The van der Waals surface area contributed by atoms with E-state index in [2.05, 4.69) is 10.3 Å². The number of carbonyl (C=O) groups is 2. The highest BCUT2D eigenvalue weighted by atomic mass is 32.1. The molecule has 0 spiro atoms. The quantitative estimate of drug-likeness (QED) is 0.545. The maximum Gasteiger partial charge on any atom is 0.410 e. The number of hydrogen-bond donors (Lipinski definition) is 1. The molecule has 3 aromatic rings. The lowest BCUT2D eigenvalue weighted by molar-refractivity contribution is 0.0240. The Labute approximate surface area is 205 Å². The zero-order chi connectivity index (χ0) is 25.3. The van der Waals surface area contributed by atoms with E-state index in [9.17, 15) is 18.4 Å². The Morgan fingerprint density at radius 1 is 1.09 bits per heavy atom. The number of amides is 2. The molecule has 0 bridgehead atoms. The molecule has 186 valence electrons. The number of piperazine rings is 1. The Morgan fingerprint density at radius 2 is 1.74 bits per heavy atom. The van der Waals surface area contributed by atoms with Crippen LogP contribution in [0.2, 0.25) is 0 Å². The first-order valence-corrected chi connectivity index (χ1v) is 11.8. The highest BCUT2D eigenvalue weighted by molar-refractivity contribution is 7.22. The molecule has 2 heterocycles. The minimum atomic E-state index is -0.981. The summed E-state index contributed by atoms with van der Waals surface area (Å²) in [6.45, 7) is 6.81. The number of fused-ring (bicyclic) bond motifs is 1. The molecule has 0 aliphatic carbocycles. The molecular weight excluding hydrogens is 478 g/mol. The first-order chi connectivity index (χ1) is 16.6. The summed E-state index contributed by atoms with van der Waals surface area (Å²) in [7, 11) is 1.51. The van der Waals surface area contributed by atoms with Gasteiger partial charge in [0, 0.05) is 31.9 Å². The number of benzene rings is 2. The number of nitrogens with one attached hydrogen (secondary N) is 1. The summed E-state index contributed by atoms with van der Waals surface area (Å²) in [5.74, 6) is -2.36. The van der Waals surface area contributed by atoms with Crippen LogP contribution in [0.3, 0.4) is 0 Å². The molecule has 0 saturated carbocycles. The van der Waals surface area contributed by atoms with E-state index in [0.717, 1.165) is 16.8 Å². The standard InChI is InChI=1S/C24H26F2N4O4S/c1-24(2,3)34-23(32)30-10-8-29(9-11-30)14-12-15(25)19(16(26)13-14)21(31)28-22-27-20-17(33-4)6-5-7-18(20)35-22/h5-7,12-13H,8-11H2,1-4H3,(H,27,28,31). The van der Waals surface area contributed by atoms with Gasteiger partial charge in [0.15, 0.2) is 5.13 Å². The van der Waals surface area contributed by atoms with Gasteiger partial charge in [0.05, 0.1) is 11.8 Å². The van der Waals surface area contributed by atoms with E-state index >= 15 is 0 Å². The van der Waals surface area contributed by atoms with Crippen molar-refractivity contribution in [2.45, 2.75) is 26.4 Å². The van der Waals surface area contributed by atoms with E-state index in [1.54, 1.807) is 42.7 Å². The van der Waals surface area contributed by atoms with Crippen LogP contribution >= 0.6 is 11.3 Å². The molecule has 11 heteroatoms. The molecule has 4 rings (SSSR count). The van der Waals surface area contributed by atoms with Gasteiger partial charge in [-0.3, -0.25) is 10.1 Å². The van der Waals surface area contributed by atoms with Crippen LogP contribution in [0.15, 0.2) is 30.3 Å². The second kappa shape index (κ2) is 9.65. The summed E-state index contributed by atoms with van der Waals surface area (Å²) in [4.78, 5) is 32.5. The van der Waals surface area contributed by atoms with Crippen LogP contribution in [-0.2, 0) is 4.74 Å². The van der Waals surface area contributed by atoms with E-state index in [-0.39, 0.29) is 5.13 Å². The highest BCUT2D eigenvalue weighted by Crippen LogP contribution is 2.33. The third-order valence-electron chi connectivity index (χ3n) is 5.37. The highest BCUT2D eigenvalue weighted by Gasteiger charge is 2.27. The van der Waals surface area contributed by atoms with Crippen molar-refractivity contribution in [1.82, 2.24) is 9.88 Å². The van der Waals surface area contributed by atoms with Crippen molar-refractivity contribution in [1.29, 1.82) is 0 Å². The summed E-state index contributed by atoms with van der Waals surface area (Å²) in [5.41, 5.74) is -0.441. The van der Waals surface area contributed by atoms with Crippen LogP contribution in [0.25, 0.3) is 10.2 Å². The van der Waals surface area contributed by atoms with Crippen LogP contribution in [0.5, 0.6) is 5.75 Å². The van der Waals surface area contributed by atoms with Crippen molar-refractivity contribution < 1.29 is 27.8 Å². The van der Waals surface area contributed by atoms with E-state index in [0.29, 0.717) is 43.1 Å². The lowest BCUT2D eigenvalue weighted by atomic mass is 10.1. The number of ether oxygens (including phenoxy) is 2. The molecule has 1 saturated heterocycles. The number of thiazole rings is 1. The summed E-state index contributed by atoms with van der Waals surface area (Å²) in [6.07, 6.45) is -0.422. The third-order valence-corrected chi connectivity index (χ3v) is 6.31. The number of para-hydroxylation sites is 1. The van der Waals surface area contributed by atoms with Crippen molar-refractivity contribution in [2.75, 3.05) is 43.5 Å². The number of aromatic nitrogens is 1. The largest absolute Gasteiger partial charge is 0.494 e. The number of nitrogens with zero attached hydrogens (tertiary/aromatic N) is 3. The molecule has 1 N–H and O–H groups in total. The number of hydrogen-bond acceptors (Lipinski definition) is 7. The van der Waals surface area contributed by atoms with Crippen LogP contribution in [0.4, 0.5) is 24.4 Å². The molecule has 1 aromatic heterocycles. The van der Waals surface area contributed by atoms with E-state index < -0.39 is 34.8 Å². The molecular formula is C24H26F2N4O4S. The molecule has 2 aromatic carbocycles. The van der Waals surface area contributed by atoms with Gasteiger partial charge in [0.2, 0.25) is 0 Å². The van der Waals surface area contributed by atoms with Crippen molar-refractivity contribution in [3.05, 3.63) is 47.5 Å². The fraction of sp³-hybridized carbons (Fsp3) is 0.375. The van der Waals surface area contributed by atoms with Gasteiger partial charge >= 0.3 is 6.09 Å². The van der Waals surface area contributed by atoms with Gasteiger partial charge in [-0.15, -0.1) is 0 Å².